The number of benzene rings is 2. The molecule has 3 rings (SSSR count). The highest BCUT2D eigenvalue weighted by Gasteiger charge is 2.11. The van der Waals surface area contributed by atoms with Crippen LogP contribution in [0.25, 0.3) is 10.9 Å². The number of fused-ring (bicyclic) bond motifs is 1. The number of carbonyl (C=O) groups excluding carboxylic acids is 1. The maximum absolute atomic E-state index is 13.5. The molecular formula is C16H11F3N2O. The number of carbonyl (C=O) groups is 1. The quantitative estimate of drug-likeness (QED) is 0.764. The highest BCUT2D eigenvalue weighted by Crippen LogP contribution is 2.17. The van der Waals surface area contributed by atoms with Crippen molar-refractivity contribution in [3.05, 3.63) is 71.2 Å². The van der Waals surface area contributed by atoms with E-state index < -0.39 is 23.4 Å². The SMILES string of the molecule is O=C(NCc1cc(F)ccc1F)c1cc2cc(F)ccc2[nH]1. The van der Waals surface area contributed by atoms with E-state index in [9.17, 15) is 18.0 Å². The Kier molecular flexibility index (Phi) is 3.58. The molecule has 0 bridgehead atoms. The van der Waals surface area contributed by atoms with E-state index in [1.54, 1.807) is 0 Å². The molecule has 1 aromatic heterocycles. The number of hydrogen-bond acceptors (Lipinski definition) is 1. The van der Waals surface area contributed by atoms with Crippen LogP contribution in [0.1, 0.15) is 16.1 Å². The maximum Gasteiger partial charge on any atom is 0.267 e. The Hall–Kier alpha value is -2.76. The standard InChI is InChI=1S/C16H11F3N2O/c17-11-1-3-13(19)10(6-11)8-20-16(22)15-7-9-5-12(18)2-4-14(9)21-15/h1-7,21H,8H2,(H,20,22). The number of halogens is 3. The molecule has 0 saturated heterocycles. The van der Waals surface area contributed by atoms with E-state index in [2.05, 4.69) is 10.3 Å². The summed E-state index contributed by atoms with van der Waals surface area (Å²) in [5, 5.41) is 3.05. The van der Waals surface area contributed by atoms with Crippen LogP contribution in [0.5, 0.6) is 0 Å². The van der Waals surface area contributed by atoms with Crippen LogP contribution in [0.15, 0.2) is 42.5 Å². The van der Waals surface area contributed by atoms with Crippen LogP contribution in [0.2, 0.25) is 0 Å². The molecule has 0 aliphatic heterocycles. The lowest BCUT2D eigenvalue weighted by Crippen LogP contribution is -2.23. The third kappa shape index (κ3) is 2.81. The van der Waals surface area contributed by atoms with Crippen LogP contribution in [-0.2, 0) is 6.54 Å². The molecule has 0 spiro atoms. The van der Waals surface area contributed by atoms with Crippen molar-refractivity contribution in [1.29, 1.82) is 0 Å². The van der Waals surface area contributed by atoms with Gasteiger partial charge in [0.05, 0.1) is 0 Å². The molecule has 0 aliphatic rings. The number of hydrogen-bond donors (Lipinski definition) is 2. The van der Waals surface area contributed by atoms with Gasteiger partial charge in [-0.15, -0.1) is 0 Å². The average molecular weight is 304 g/mol. The van der Waals surface area contributed by atoms with Gasteiger partial charge in [-0.2, -0.15) is 0 Å². The summed E-state index contributed by atoms with van der Waals surface area (Å²) < 4.78 is 39.6. The minimum absolute atomic E-state index is 0.0514. The van der Waals surface area contributed by atoms with Crippen LogP contribution in [-0.4, -0.2) is 10.9 Å². The van der Waals surface area contributed by atoms with Crippen LogP contribution in [0.4, 0.5) is 13.2 Å². The first-order chi connectivity index (χ1) is 10.5. The van der Waals surface area contributed by atoms with Crippen molar-refractivity contribution in [2.45, 2.75) is 6.54 Å². The van der Waals surface area contributed by atoms with Gasteiger partial charge in [0.25, 0.3) is 5.91 Å². The van der Waals surface area contributed by atoms with Gasteiger partial charge in [-0.3, -0.25) is 4.79 Å². The van der Waals surface area contributed by atoms with Gasteiger partial charge in [0, 0.05) is 23.0 Å². The van der Waals surface area contributed by atoms with Crippen molar-refractivity contribution in [3.8, 4) is 0 Å². The molecule has 0 radical (unpaired) electrons. The number of nitrogens with one attached hydrogen (secondary N) is 2. The fraction of sp³-hybridized carbons (Fsp3) is 0.0625. The fourth-order valence-corrected chi connectivity index (χ4v) is 2.18. The maximum atomic E-state index is 13.5. The van der Waals surface area contributed by atoms with Crippen LogP contribution < -0.4 is 5.32 Å². The first-order valence-electron chi connectivity index (χ1n) is 6.53. The first kappa shape index (κ1) is 14.2. The fourth-order valence-electron chi connectivity index (χ4n) is 2.18. The molecule has 6 heteroatoms. The Bertz CT molecular complexity index is 858. The van der Waals surface area contributed by atoms with Crippen molar-refractivity contribution in [2.75, 3.05) is 0 Å². The second kappa shape index (κ2) is 5.55. The molecule has 2 aromatic carbocycles. The van der Waals surface area contributed by atoms with Gasteiger partial charge in [0.1, 0.15) is 23.1 Å². The molecule has 112 valence electrons. The summed E-state index contributed by atoms with van der Waals surface area (Å²) in [6.45, 7) is -0.147. The molecule has 0 atom stereocenters. The minimum Gasteiger partial charge on any atom is -0.351 e. The molecule has 3 nitrogen and oxygen atoms in total. The highest BCUT2D eigenvalue weighted by atomic mass is 19.1. The topological polar surface area (TPSA) is 44.9 Å². The van der Waals surface area contributed by atoms with E-state index in [-0.39, 0.29) is 17.8 Å². The summed E-state index contributed by atoms with van der Waals surface area (Å²) in [7, 11) is 0. The lowest BCUT2D eigenvalue weighted by atomic mass is 10.2. The monoisotopic (exact) mass is 304 g/mol. The summed E-state index contributed by atoms with van der Waals surface area (Å²) in [5.41, 5.74) is 0.886. The van der Waals surface area contributed by atoms with E-state index >= 15 is 0 Å². The third-order valence-electron chi connectivity index (χ3n) is 3.27. The Balaban J connectivity index is 1.77. The van der Waals surface area contributed by atoms with Gasteiger partial charge >= 0.3 is 0 Å². The predicted molar refractivity (Wildman–Crippen MR) is 75.8 cm³/mol. The molecular weight excluding hydrogens is 293 g/mol. The number of H-pyrrole nitrogens is 1. The lowest BCUT2D eigenvalue weighted by Gasteiger charge is -2.05. The third-order valence-corrected chi connectivity index (χ3v) is 3.27. The van der Waals surface area contributed by atoms with Gasteiger partial charge < -0.3 is 10.3 Å². The number of aromatic nitrogens is 1. The molecule has 0 unspecified atom stereocenters. The number of aromatic amines is 1. The summed E-state index contributed by atoms with van der Waals surface area (Å²) in [5.74, 6) is -2.06. The second-order valence-electron chi connectivity index (χ2n) is 4.83. The van der Waals surface area contributed by atoms with Crippen molar-refractivity contribution in [2.24, 2.45) is 0 Å². The number of rotatable bonds is 3. The van der Waals surface area contributed by atoms with Gasteiger partial charge in [0.15, 0.2) is 0 Å². The van der Waals surface area contributed by atoms with Gasteiger partial charge in [-0.25, -0.2) is 13.2 Å². The van der Waals surface area contributed by atoms with Gasteiger partial charge in [-0.1, -0.05) is 0 Å². The van der Waals surface area contributed by atoms with Crippen molar-refractivity contribution < 1.29 is 18.0 Å². The zero-order chi connectivity index (χ0) is 15.7. The Morgan fingerprint density at radius 3 is 2.55 bits per heavy atom. The molecule has 1 amide bonds. The smallest absolute Gasteiger partial charge is 0.267 e. The molecule has 22 heavy (non-hydrogen) atoms. The lowest BCUT2D eigenvalue weighted by molar-refractivity contribution is 0.0946. The Labute approximate surface area is 123 Å². The molecule has 0 aliphatic carbocycles. The molecule has 2 N–H and O–H groups in total. The zero-order valence-electron chi connectivity index (χ0n) is 11.3. The van der Waals surface area contributed by atoms with E-state index in [1.165, 1.54) is 24.3 Å². The Morgan fingerprint density at radius 1 is 1.00 bits per heavy atom. The van der Waals surface area contributed by atoms with Gasteiger partial charge in [-0.05, 0) is 42.5 Å². The van der Waals surface area contributed by atoms with Crippen molar-refractivity contribution in [3.63, 3.8) is 0 Å². The first-order valence-corrected chi connectivity index (χ1v) is 6.53. The van der Waals surface area contributed by atoms with E-state index in [0.29, 0.717) is 10.9 Å². The minimum atomic E-state index is -0.597. The normalized spacial score (nSPS) is 10.9. The highest BCUT2D eigenvalue weighted by molar-refractivity contribution is 5.97. The summed E-state index contributed by atoms with van der Waals surface area (Å²) >= 11 is 0. The largest absolute Gasteiger partial charge is 0.351 e. The van der Waals surface area contributed by atoms with Crippen LogP contribution in [0.3, 0.4) is 0 Å². The van der Waals surface area contributed by atoms with E-state index in [4.69, 9.17) is 0 Å². The molecule has 1 heterocycles. The van der Waals surface area contributed by atoms with Crippen molar-refractivity contribution >= 4 is 16.8 Å². The summed E-state index contributed by atoms with van der Waals surface area (Å²) in [6, 6.07) is 8.63. The molecule has 0 fully saturated rings. The van der Waals surface area contributed by atoms with E-state index in [0.717, 1.165) is 18.2 Å². The average Bonchev–Trinajstić information content (AvgIpc) is 2.91. The van der Waals surface area contributed by atoms with E-state index in [1.807, 2.05) is 0 Å². The molecule has 0 saturated carbocycles. The van der Waals surface area contributed by atoms with Crippen LogP contribution >= 0.6 is 0 Å². The Morgan fingerprint density at radius 2 is 1.73 bits per heavy atom. The van der Waals surface area contributed by atoms with Gasteiger partial charge in [0.2, 0.25) is 0 Å². The van der Waals surface area contributed by atoms with Crippen LogP contribution in [0, 0.1) is 17.5 Å². The van der Waals surface area contributed by atoms with Crippen molar-refractivity contribution in [1.82, 2.24) is 10.3 Å². The predicted octanol–water partition coefficient (Wildman–Crippen LogP) is 3.52. The number of amides is 1. The molecule has 3 aromatic rings. The summed E-state index contributed by atoms with van der Waals surface area (Å²) in [4.78, 5) is 14.9. The zero-order valence-corrected chi connectivity index (χ0v) is 11.3. The summed E-state index contributed by atoms with van der Waals surface area (Å²) in [6.07, 6.45) is 0. The second-order valence-corrected chi connectivity index (χ2v) is 4.83.